The molecule has 0 saturated carbocycles. The highest BCUT2D eigenvalue weighted by molar-refractivity contribution is 7.99. The number of carbonyl (C=O) groups excluding carboxylic acids is 1. The summed E-state index contributed by atoms with van der Waals surface area (Å²) in [6.07, 6.45) is 3.49. The zero-order chi connectivity index (χ0) is 13.0. The van der Waals surface area contributed by atoms with Crippen LogP contribution < -0.4 is 16.6 Å². The Balaban J connectivity index is 2.01. The minimum atomic E-state index is -0.134. The van der Waals surface area contributed by atoms with Crippen molar-refractivity contribution in [2.24, 2.45) is 5.84 Å². The molecule has 2 rings (SSSR count). The van der Waals surface area contributed by atoms with Crippen LogP contribution in [0.25, 0.3) is 0 Å². The summed E-state index contributed by atoms with van der Waals surface area (Å²) in [6, 6.07) is 1.82. The van der Waals surface area contributed by atoms with Gasteiger partial charge in [0.2, 0.25) is 0 Å². The molecule has 2 heterocycles. The Morgan fingerprint density at radius 3 is 2.83 bits per heavy atom. The van der Waals surface area contributed by atoms with Gasteiger partial charge in [-0.25, -0.2) is 10.8 Å². The van der Waals surface area contributed by atoms with E-state index >= 15 is 0 Å². The highest BCUT2D eigenvalue weighted by Crippen LogP contribution is 2.20. The van der Waals surface area contributed by atoms with Gasteiger partial charge in [0.15, 0.2) is 5.82 Å². The molecule has 1 aromatic heterocycles. The van der Waals surface area contributed by atoms with Crippen LogP contribution in [0.4, 0.5) is 5.82 Å². The van der Waals surface area contributed by atoms with Crippen molar-refractivity contribution in [1.82, 2.24) is 10.3 Å². The van der Waals surface area contributed by atoms with E-state index in [0.29, 0.717) is 16.4 Å². The highest BCUT2D eigenvalue weighted by Gasteiger charge is 2.17. The molecule has 0 aliphatic carbocycles. The number of hydrogen-bond acceptors (Lipinski definition) is 5. The van der Waals surface area contributed by atoms with Crippen LogP contribution in [0.2, 0.25) is 5.02 Å². The van der Waals surface area contributed by atoms with Crippen LogP contribution in [-0.2, 0) is 0 Å². The second kappa shape index (κ2) is 6.26. The van der Waals surface area contributed by atoms with Gasteiger partial charge in [0.05, 0.1) is 10.6 Å². The zero-order valence-corrected chi connectivity index (χ0v) is 11.4. The number of nitrogen functional groups attached to an aromatic ring is 1. The molecule has 98 valence electrons. The molecule has 1 aromatic rings. The smallest absolute Gasteiger partial charge is 0.253 e. The van der Waals surface area contributed by atoms with Crippen LogP contribution in [0.3, 0.4) is 0 Å². The summed E-state index contributed by atoms with van der Waals surface area (Å²) in [5.74, 6) is 7.65. The minimum Gasteiger partial charge on any atom is -0.349 e. The molecule has 1 aliphatic rings. The second-order valence-corrected chi connectivity index (χ2v) is 5.69. The van der Waals surface area contributed by atoms with Crippen molar-refractivity contribution in [3.63, 3.8) is 0 Å². The van der Waals surface area contributed by atoms with E-state index in [0.717, 1.165) is 24.3 Å². The summed E-state index contributed by atoms with van der Waals surface area (Å²) < 4.78 is 0. The largest absolute Gasteiger partial charge is 0.349 e. The standard InChI is InChI=1S/C11H15ClN4OS/c12-9-5-7(6-14-10(9)16-13)11(17)15-8-1-3-18-4-2-8/h5-6,8H,1-4,13H2,(H,14,16)(H,15,17). The van der Waals surface area contributed by atoms with Crippen LogP contribution in [0, 0.1) is 0 Å². The molecule has 0 unspecified atom stereocenters. The molecule has 1 aliphatic heterocycles. The summed E-state index contributed by atoms with van der Waals surface area (Å²) >= 11 is 7.85. The van der Waals surface area contributed by atoms with Gasteiger partial charge >= 0.3 is 0 Å². The zero-order valence-electron chi connectivity index (χ0n) is 9.78. The Morgan fingerprint density at radius 1 is 1.50 bits per heavy atom. The molecular weight excluding hydrogens is 272 g/mol. The number of amides is 1. The minimum absolute atomic E-state index is 0.134. The summed E-state index contributed by atoms with van der Waals surface area (Å²) in [6.45, 7) is 0. The van der Waals surface area contributed by atoms with E-state index in [2.05, 4.69) is 15.7 Å². The molecule has 7 heteroatoms. The Kier molecular flexibility index (Phi) is 4.68. The quantitative estimate of drug-likeness (QED) is 0.581. The fourth-order valence-electron chi connectivity index (χ4n) is 1.78. The number of nitrogens with zero attached hydrogens (tertiary/aromatic N) is 1. The molecule has 0 atom stereocenters. The van der Waals surface area contributed by atoms with E-state index in [1.807, 2.05) is 11.8 Å². The van der Waals surface area contributed by atoms with Gasteiger partial charge in [-0.2, -0.15) is 11.8 Å². The molecule has 5 nitrogen and oxygen atoms in total. The van der Waals surface area contributed by atoms with Crippen molar-refractivity contribution in [3.8, 4) is 0 Å². The Hall–Kier alpha value is -0.980. The number of anilines is 1. The number of thioether (sulfide) groups is 1. The first-order valence-corrected chi connectivity index (χ1v) is 7.24. The average Bonchev–Trinajstić information content (AvgIpc) is 2.39. The van der Waals surface area contributed by atoms with Gasteiger partial charge in [-0.3, -0.25) is 4.79 Å². The second-order valence-electron chi connectivity index (χ2n) is 4.06. The number of halogens is 1. The number of rotatable bonds is 3. The molecule has 0 bridgehead atoms. The van der Waals surface area contributed by atoms with Gasteiger partial charge in [-0.05, 0) is 30.4 Å². The number of nitrogens with two attached hydrogens (primary N) is 1. The molecule has 1 fully saturated rings. The molecule has 1 amide bonds. The summed E-state index contributed by atoms with van der Waals surface area (Å²) in [5.41, 5.74) is 2.82. The maximum atomic E-state index is 12.0. The lowest BCUT2D eigenvalue weighted by atomic mass is 10.1. The first-order chi connectivity index (χ1) is 8.70. The van der Waals surface area contributed by atoms with E-state index in [-0.39, 0.29) is 11.9 Å². The van der Waals surface area contributed by atoms with E-state index in [1.165, 1.54) is 6.20 Å². The maximum Gasteiger partial charge on any atom is 0.253 e. The van der Waals surface area contributed by atoms with Crippen molar-refractivity contribution in [3.05, 3.63) is 22.8 Å². The number of pyridine rings is 1. The fraction of sp³-hybridized carbons (Fsp3) is 0.455. The lowest BCUT2D eigenvalue weighted by Crippen LogP contribution is -2.37. The molecule has 0 spiro atoms. The normalized spacial score (nSPS) is 16.3. The Labute approximate surface area is 115 Å². The SMILES string of the molecule is NNc1ncc(C(=O)NC2CCSCC2)cc1Cl. The monoisotopic (exact) mass is 286 g/mol. The van der Waals surface area contributed by atoms with E-state index < -0.39 is 0 Å². The third kappa shape index (κ3) is 3.28. The number of hydrazine groups is 1. The Bertz CT molecular complexity index is 437. The number of aromatic nitrogens is 1. The van der Waals surface area contributed by atoms with Gasteiger partial charge in [-0.1, -0.05) is 11.6 Å². The van der Waals surface area contributed by atoms with Crippen LogP contribution in [0.1, 0.15) is 23.2 Å². The third-order valence-electron chi connectivity index (χ3n) is 2.80. The van der Waals surface area contributed by atoms with Gasteiger partial charge < -0.3 is 10.7 Å². The molecule has 0 radical (unpaired) electrons. The summed E-state index contributed by atoms with van der Waals surface area (Å²) in [4.78, 5) is 16.0. The highest BCUT2D eigenvalue weighted by atomic mass is 35.5. The van der Waals surface area contributed by atoms with Crippen molar-refractivity contribution in [2.75, 3.05) is 16.9 Å². The predicted octanol–water partition coefficient (Wildman–Crippen LogP) is 1.65. The molecule has 0 aromatic carbocycles. The lowest BCUT2D eigenvalue weighted by Gasteiger charge is -2.22. The van der Waals surface area contributed by atoms with Crippen LogP contribution in [-0.4, -0.2) is 28.4 Å². The van der Waals surface area contributed by atoms with Crippen molar-refractivity contribution in [1.29, 1.82) is 0 Å². The predicted molar refractivity (Wildman–Crippen MR) is 74.9 cm³/mol. The summed E-state index contributed by atoms with van der Waals surface area (Å²) in [7, 11) is 0. The van der Waals surface area contributed by atoms with E-state index in [1.54, 1.807) is 6.07 Å². The van der Waals surface area contributed by atoms with Crippen LogP contribution >= 0.6 is 23.4 Å². The first-order valence-electron chi connectivity index (χ1n) is 5.71. The van der Waals surface area contributed by atoms with Gasteiger partial charge in [-0.15, -0.1) is 0 Å². The average molecular weight is 287 g/mol. The Morgan fingerprint density at radius 2 is 2.22 bits per heavy atom. The molecule has 4 N–H and O–H groups in total. The molecule has 18 heavy (non-hydrogen) atoms. The van der Waals surface area contributed by atoms with E-state index in [9.17, 15) is 4.79 Å². The van der Waals surface area contributed by atoms with Crippen molar-refractivity contribution in [2.45, 2.75) is 18.9 Å². The van der Waals surface area contributed by atoms with Gasteiger partial charge in [0.25, 0.3) is 5.91 Å². The van der Waals surface area contributed by atoms with Gasteiger partial charge in [0, 0.05) is 12.2 Å². The number of carbonyl (C=O) groups is 1. The molecule has 1 saturated heterocycles. The van der Waals surface area contributed by atoms with Crippen molar-refractivity contribution < 1.29 is 4.79 Å². The van der Waals surface area contributed by atoms with Crippen LogP contribution in [0.15, 0.2) is 12.3 Å². The number of hydrogen-bond donors (Lipinski definition) is 3. The van der Waals surface area contributed by atoms with Crippen LogP contribution in [0.5, 0.6) is 0 Å². The van der Waals surface area contributed by atoms with Crippen molar-refractivity contribution >= 4 is 35.1 Å². The summed E-state index contributed by atoms with van der Waals surface area (Å²) in [5, 5.41) is 3.33. The molecular formula is C11H15ClN4OS. The fourth-order valence-corrected chi connectivity index (χ4v) is 3.11. The lowest BCUT2D eigenvalue weighted by molar-refractivity contribution is 0.0934. The van der Waals surface area contributed by atoms with E-state index in [4.69, 9.17) is 17.4 Å². The topological polar surface area (TPSA) is 80.0 Å². The van der Waals surface area contributed by atoms with Gasteiger partial charge in [0.1, 0.15) is 0 Å². The first kappa shape index (κ1) is 13.5. The third-order valence-corrected chi connectivity index (χ3v) is 4.13. The maximum absolute atomic E-state index is 12.0. The number of nitrogens with one attached hydrogen (secondary N) is 2.